The first-order chi connectivity index (χ1) is 9.76. The summed E-state index contributed by atoms with van der Waals surface area (Å²) in [5.74, 6) is 0.870. The van der Waals surface area contributed by atoms with E-state index in [2.05, 4.69) is 12.6 Å². The van der Waals surface area contributed by atoms with Crippen LogP contribution in [0.5, 0.6) is 5.75 Å². The minimum absolute atomic E-state index is 0.870. The van der Waals surface area contributed by atoms with Crippen LogP contribution in [0.15, 0.2) is 69.9 Å². The molecule has 0 atom stereocenters. The third-order valence-electron chi connectivity index (χ3n) is 3.67. The second-order valence-electron chi connectivity index (χ2n) is 4.78. The van der Waals surface area contributed by atoms with Gasteiger partial charge >= 0.3 is 0 Å². The van der Waals surface area contributed by atoms with Crippen LogP contribution in [0.2, 0.25) is 6.55 Å². The molecule has 0 aliphatic rings. The number of methoxy groups -OCH3 is 1. The molecule has 3 aromatic rings. The first-order valence-electron chi connectivity index (χ1n) is 6.48. The third kappa shape index (κ3) is 1.89. The van der Waals surface area contributed by atoms with Gasteiger partial charge in [0.25, 0.3) is 0 Å². The molecule has 0 aliphatic carbocycles. The molecule has 3 nitrogen and oxygen atoms in total. The summed E-state index contributed by atoms with van der Waals surface area (Å²) in [4.78, 5) is 0. The Morgan fingerprint density at radius 2 is 1.45 bits per heavy atom. The molecule has 0 saturated carbocycles. The fraction of sp³-hybridized carbons (Fsp3) is 0.125. The SMILES string of the molecule is COc1ccccc1[Si](C)(c1ccco1)c1ccco1. The number of ether oxygens (including phenoxy) is 1. The molecule has 0 aliphatic heterocycles. The van der Waals surface area contributed by atoms with Crippen molar-refractivity contribution in [1.29, 1.82) is 0 Å². The number of para-hydroxylation sites is 1. The molecule has 0 spiro atoms. The van der Waals surface area contributed by atoms with Crippen LogP contribution in [0, 0.1) is 0 Å². The van der Waals surface area contributed by atoms with Crippen LogP contribution in [0.4, 0.5) is 0 Å². The highest BCUT2D eigenvalue weighted by molar-refractivity contribution is 7.09. The lowest BCUT2D eigenvalue weighted by atomic mass is 10.3. The van der Waals surface area contributed by atoms with Gasteiger partial charge in [-0.25, -0.2) is 0 Å². The maximum absolute atomic E-state index is 5.72. The van der Waals surface area contributed by atoms with E-state index in [-0.39, 0.29) is 0 Å². The minimum Gasteiger partial charge on any atom is -0.497 e. The third-order valence-corrected chi connectivity index (χ3v) is 7.70. The lowest BCUT2D eigenvalue weighted by molar-refractivity contribution is 0.418. The lowest BCUT2D eigenvalue weighted by Crippen LogP contribution is -2.64. The van der Waals surface area contributed by atoms with Crippen molar-refractivity contribution in [3.8, 4) is 5.75 Å². The van der Waals surface area contributed by atoms with Gasteiger partial charge in [0.05, 0.1) is 30.4 Å². The van der Waals surface area contributed by atoms with Crippen LogP contribution in [0.3, 0.4) is 0 Å². The van der Waals surface area contributed by atoms with Gasteiger partial charge in [0.1, 0.15) is 5.75 Å². The van der Waals surface area contributed by atoms with E-state index in [1.54, 1.807) is 19.6 Å². The van der Waals surface area contributed by atoms with Gasteiger partial charge in [-0.1, -0.05) is 24.7 Å². The van der Waals surface area contributed by atoms with Gasteiger partial charge in [-0.05, 0) is 35.5 Å². The normalized spacial score (nSPS) is 11.5. The molecule has 0 amide bonds. The smallest absolute Gasteiger partial charge is 0.236 e. The zero-order valence-electron chi connectivity index (χ0n) is 11.5. The number of rotatable bonds is 4. The van der Waals surface area contributed by atoms with E-state index < -0.39 is 8.07 Å². The zero-order chi connectivity index (χ0) is 14.0. The quantitative estimate of drug-likeness (QED) is 0.687. The summed E-state index contributed by atoms with van der Waals surface area (Å²) in [5.41, 5.74) is 0. The molecular weight excluding hydrogens is 268 g/mol. The van der Waals surface area contributed by atoms with Crippen molar-refractivity contribution in [2.24, 2.45) is 0 Å². The van der Waals surface area contributed by atoms with Gasteiger partial charge < -0.3 is 13.6 Å². The highest BCUT2D eigenvalue weighted by Crippen LogP contribution is 2.15. The lowest BCUT2D eigenvalue weighted by Gasteiger charge is -2.24. The molecule has 1 aromatic carbocycles. The Hall–Kier alpha value is -2.20. The fourth-order valence-corrected chi connectivity index (χ4v) is 5.92. The van der Waals surface area contributed by atoms with Crippen LogP contribution in [-0.2, 0) is 0 Å². The Labute approximate surface area is 118 Å². The van der Waals surface area contributed by atoms with Crippen molar-refractivity contribution in [3.05, 3.63) is 61.1 Å². The van der Waals surface area contributed by atoms with Crippen LogP contribution in [0.1, 0.15) is 0 Å². The largest absolute Gasteiger partial charge is 0.497 e. The standard InChI is InChI=1S/C16H16O3Si/c1-17-13-7-3-4-8-14(13)20(2,15-9-5-11-18-15)16-10-6-12-19-16/h3-12H,1-2H3. The Kier molecular flexibility index (Phi) is 3.24. The first kappa shape index (κ1) is 12.8. The van der Waals surface area contributed by atoms with Gasteiger partial charge in [0.2, 0.25) is 8.07 Å². The molecule has 20 heavy (non-hydrogen) atoms. The molecule has 0 N–H and O–H groups in total. The summed E-state index contributed by atoms with van der Waals surface area (Å²) in [7, 11) is -0.605. The predicted molar refractivity (Wildman–Crippen MR) is 80.9 cm³/mol. The molecular formula is C16H16O3Si. The molecule has 0 fully saturated rings. The Balaban J connectivity index is 2.26. The second-order valence-corrected chi connectivity index (χ2v) is 8.55. The van der Waals surface area contributed by atoms with Gasteiger partial charge in [0.15, 0.2) is 0 Å². The molecule has 2 heterocycles. The van der Waals surface area contributed by atoms with Crippen LogP contribution in [0.25, 0.3) is 0 Å². The van der Waals surface area contributed by atoms with Crippen molar-refractivity contribution in [1.82, 2.24) is 0 Å². The highest BCUT2D eigenvalue weighted by Gasteiger charge is 2.42. The average Bonchev–Trinajstić information content (AvgIpc) is 3.19. The van der Waals surface area contributed by atoms with Gasteiger partial charge in [-0.3, -0.25) is 0 Å². The van der Waals surface area contributed by atoms with E-state index in [1.807, 2.05) is 42.5 Å². The molecule has 0 unspecified atom stereocenters. The van der Waals surface area contributed by atoms with E-state index in [4.69, 9.17) is 13.6 Å². The summed E-state index contributed by atoms with van der Waals surface area (Å²) in [5, 5.41) is 3.06. The van der Waals surface area contributed by atoms with E-state index in [0.29, 0.717) is 0 Å². The maximum Gasteiger partial charge on any atom is 0.236 e. The number of furan rings is 2. The summed E-state index contributed by atoms with van der Waals surface area (Å²) in [6.45, 7) is 2.21. The molecule has 102 valence electrons. The monoisotopic (exact) mass is 284 g/mol. The molecule has 0 radical (unpaired) electrons. The minimum atomic E-state index is -2.30. The fourth-order valence-electron chi connectivity index (χ4n) is 2.57. The summed E-state index contributed by atoms with van der Waals surface area (Å²) in [6.07, 6.45) is 3.41. The van der Waals surface area contributed by atoms with Gasteiger partial charge in [0, 0.05) is 0 Å². The molecule has 3 rings (SSSR count). The summed E-state index contributed by atoms with van der Waals surface area (Å²) < 4.78 is 17.0. The van der Waals surface area contributed by atoms with Crippen molar-refractivity contribution >= 4 is 24.0 Å². The van der Waals surface area contributed by atoms with Crippen molar-refractivity contribution in [3.63, 3.8) is 0 Å². The molecule has 0 bridgehead atoms. The summed E-state index contributed by atoms with van der Waals surface area (Å²) in [6, 6.07) is 15.9. The highest BCUT2D eigenvalue weighted by atomic mass is 28.3. The second kappa shape index (κ2) is 5.05. The first-order valence-corrected chi connectivity index (χ1v) is 8.98. The predicted octanol–water partition coefficient (Wildman–Crippen LogP) is 1.98. The van der Waals surface area contributed by atoms with Crippen LogP contribution < -0.4 is 20.7 Å². The molecule has 0 saturated heterocycles. The number of hydrogen-bond acceptors (Lipinski definition) is 3. The average molecular weight is 284 g/mol. The van der Waals surface area contributed by atoms with E-state index in [1.165, 1.54) is 0 Å². The topological polar surface area (TPSA) is 35.5 Å². The van der Waals surface area contributed by atoms with Crippen LogP contribution in [-0.4, -0.2) is 15.2 Å². The van der Waals surface area contributed by atoms with Gasteiger partial charge in [-0.15, -0.1) is 0 Å². The zero-order valence-corrected chi connectivity index (χ0v) is 12.5. The molecule has 4 heteroatoms. The van der Waals surface area contributed by atoms with E-state index in [9.17, 15) is 0 Å². The maximum atomic E-state index is 5.72. The Morgan fingerprint density at radius 3 is 1.95 bits per heavy atom. The van der Waals surface area contributed by atoms with E-state index in [0.717, 1.165) is 21.7 Å². The Bertz CT molecular complexity index is 637. The van der Waals surface area contributed by atoms with E-state index >= 15 is 0 Å². The molecule has 2 aromatic heterocycles. The number of benzene rings is 1. The number of hydrogen-bond donors (Lipinski definition) is 0. The van der Waals surface area contributed by atoms with Crippen molar-refractivity contribution in [2.45, 2.75) is 6.55 Å². The Morgan fingerprint density at radius 1 is 0.850 bits per heavy atom. The van der Waals surface area contributed by atoms with Crippen molar-refractivity contribution in [2.75, 3.05) is 7.11 Å². The summed E-state index contributed by atoms with van der Waals surface area (Å²) >= 11 is 0. The van der Waals surface area contributed by atoms with Gasteiger partial charge in [-0.2, -0.15) is 0 Å². The van der Waals surface area contributed by atoms with Crippen LogP contribution >= 0.6 is 0 Å². The van der Waals surface area contributed by atoms with Crippen molar-refractivity contribution < 1.29 is 13.6 Å².